The van der Waals surface area contributed by atoms with Crippen LogP contribution in [0.5, 0.6) is 5.75 Å². The van der Waals surface area contributed by atoms with Gasteiger partial charge in [-0.2, -0.15) is 0 Å². The van der Waals surface area contributed by atoms with E-state index in [4.69, 9.17) is 5.11 Å². The molecule has 0 amide bonds. The molecule has 0 atom stereocenters. The summed E-state index contributed by atoms with van der Waals surface area (Å²) in [5.41, 5.74) is -0.178. The Hall–Kier alpha value is -0.0295. The Balaban J connectivity index is 0.000001000. The smallest absolute Gasteiger partial charge is 0.872 e. The van der Waals surface area contributed by atoms with Crippen molar-refractivity contribution in [1.82, 2.24) is 0 Å². The third-order valence-corrected chi connectivity index (χ3v) is 1.12. The molecule has 0 aliphatic heterocycles. The van der Waals surface area contributed by atoms with Gasteiger partial charge in [-0.15, -0.1) is 0 Å². The van der Waals surface area contributed by atoms with E-state index in [1.807, 2.05) is 0 Å². The van der Waals surface area contributed by atoms with Crippen molar-refractivity contribution in [2.45, 2.75) is 0 Å². The van der Waals surface area contributed by atoms with E-state index in [1.165, 1.54) is 24.3 Å². The van der Waals surface area contributed by atoms with Gasteiger partial charge in [0.05, 0.1) is 5.56 Å². The molecular formula is C7H5O3Sr+. The SMILES string of the molecule is O=C(O)c1ccccc1[O-].[Sr+2]. The third kappa shape index (κ3) is 2.83. The second-order valence-corrected chi connectivity index (χ2v) is 1.80. The van der Waals surface area contributed by atoms with Crippen molar-refractivity contribution in [2.24, 2.45) is 0 Å². The molecule has 1 aromatic carbocycles. The standard InChI is InChI=1S/C7H6O3.Sr/c8-6-4-2-1-3-5(6)7(9)10;/h1-4,8H,(H,9,10);/q;+2/p-1. The van der Waals surface area contributed by atoms with Crippen LogP contribution in [0.15, 0.2) is 24.3 Å². The van der Waals surface area contributed by atoms with Gasteiger partial charge in [-0.3, -0.25) is 0 Å². The van der Waals surface area contributed by atoms with E-state index in [1.54, 1.807) is 0 Å². The number of benzene rings is 1. The minimum absolute atomic E-state index is 0. The van der Waals surface area contributed by atoms with Crippen LogP contribution in [0, 0.1) is 0 Å². The zero-order valence-corrected chi connectivity index (χ0v) is 9.26. The maximum absolute atomic E-state index is 10.7. The molecule has 0 aliphatic rings. The predicted molar refractivity (Wildman–Crippen MR) is 38.6 cm³/mol. The van der Waals surface area contributed by atoms with E-state index in [-0.39, 0.29) is 51.0 Å². The van der Waals surface area contributed by atoms with Gasteiger partial charge in [0, 0.05) is 0 Å². The maximum Gasteiger partial charge on any atom is 2.00 e. The molecular weight excluding hydrogens is 220 g/mol. The molecule has 1 aromatic rings. The molecule has 1 N–H and O–H groups in total. The Morgan fingerprint density at radius 3 is 2.27 bits per heavy atom. The summed E-state index contributed by atoms with van der Waals surface area (Å²) in [4.78, 5) is 10.2. The zero-order chi connectivity index (χ0) is 7.56. The number of para-hydroxylation sites is 1. The van der Waals surface area contributed by atoms with Gasteiger partial charge < -0.3 is 10.2 Å². The zero-order valence-electron chi connectivity index (χ0n) is 5.78. The van der Waals surface area contributed by atoms with Crippen LogP contribution < -0.4 is 5.11 Å². The van der Waals surface area contributed by atoms with Crippen molar-refractivity contribution in [3.63, 3.8) is 0 Å². The fraction of sp³-hybridized carbons (Fsp3) is 0. The normalized spacial score (nSPS) is 8.36. The molecule has 0 unspecified atom stereocenters. The largest absolute Gasteiger partial charge is 2.00 e. The molecule has 3 nitrogen and oxygen atoms in total. The Kier molecular flexibility index (Phi) is 4.76. The topological polar surface area (TPSA) is 60.4 Å². The van der Waals surface area contributed by atoms with Gasteiger partial charge in [0.1, 0.15) is 0 Å². The summed E-state index contributed by atoms with van der Waals surface area (Å²) in [6.45, 7) is 0. The molecule has 0 fully saturated rings. The third-order valence-electron chi connectivity index (χ3n) is 1.12. The van der Waals surface area contributed by atoms with Gasteiger partial charge in [-0.05, 0) is 6.07 Å². The van der Waals surface area contributed by atoms with Gasteiger partial charge in [-0.25, -0.2) is 4.79 Å². The van der Waals surface area contributed by atoms with Crippen molar-refractivity contribution >= 4 is 51.5 Å². The predicted octanol–water partition coefficient (Wildman–Crippen LogP) is 0.0776. The number of rotatable bonds is 1. The number of hydrogen-bond acceptors (Lipinski definition) is 2. The summed E-state index contributed by atoms with van der Waals surface area (Å²) in [5.74, 6) is -1.62. The number of hydrogen-bond donors (Lipinski definition) is 1. The van der Waals surface area contributed by atoms with E-state index in [2.05, 4.69) is 0 Å². The molecule has 0 bridgehead atoms. The summed E-state index contributed by atoms with van der Waals surface area (Å²) in [7, 11) is 0. The summed E-state index contributed by atoms with van der Waals surface area (Å²) < 4.78 is 0. The average molecular weight is 225 g/mol. The van der Waals surface area contributed by atoms with Crippen molar-refractivity contribution < 1.29 is 15.0 Å². The Morgan fingerprint density at radius 2 is 1.91 bits per heavy atom. The Morgan fingerprint density at radius 1 is 1.36 bits per heavy atom. The van der Waals surface area contributed by atoms with E-state index >= 15 is 0 Å². The van der Waals surface area contributed by atoms with Gasteiger partial charge in [-0.1, -0.05) is 23.9 Å². The van der Waals surface area contributed by atoms with Crippen LogP contribution in [0.4, 0.5) is 0 Å². The molecule has 0 aliphatic carbocycles. The van der Waals surface area contributed by atoms with Crippen molar-refractivity contribution in [3.8, 4) is 5.75 Å². The van der Waals surface area contributed by atoms with E-state index in [9.17, 15) is 9.90 Å². The van der Waals surface area contributed by atoms with Crippen LogP contribution in [-0.2, 0) is 0 Å². The van der Waals surface area contributed by atoms with Gasteiger partial charge in [0.15, 0.2) is 0 Å². The molecule has 0 radical (unpaired) electrons. The van der Waals surface area contributed by atoms with E-state index < -0.39 is 11.7 Å². The molecule has 4 heteroatoms. The molecule has 52 valence electrons. The maximum atomic E-state index is 10.7. The van der Waals surface area contributed by atoms with Gasteiger partial charge >= 0.3 is 51.5 Å². The van der Waals surface area contributed by atoms with E-state index in [0.717, 1.165) is 0 Å². The van der Waals surface area contributed by atoms with Crippen LogP contribution in [0.3, 0.4) is 0 Å². The molecule has 0 aromatic heterocycles. The van der Waals surface area contributed by atoms with Crippen LogP contribution in [-0.4, -0.2) is 56.6 Å². The molecule has 0 saturated heterocycles. The van der Waals surface area contributed by atoms with Crippen molar-refractivity contribution in [3.05, 3.63) is 29.8 Å². The van der Waals surface area contributed by atoms with Crippen LogP contribution in [0.2, 0.25) is 0 Å². The fourth-order valence-corrected chi connectivity index (χ4v) is 0.643. The number of carbonyl (C=O) groups is 1. The first kappa shape index (κ1) is 11.0. The summed E-state index contributed by atoms with van der Waals surface area (Å²) in [5, 5.41) is 19.0. The second-order valence-electron chi connectivity index (χ2n) is 1.80. The number of aromatic carboxylic acids is 1. The number of carboxylic acids is 1. The monoisotopic (exact) mass is 225 g/mol. The molecule has 0 heterocycles. The van der Waals surface area contributed by atoms with Crippen molar-refractivity contribution in [1.29, 1.82) is 0 Å². The average Bonchev–Trinajstić information content (AvgIpc) is 1.88. The molecule has 0 saturated carbocycles. The first-order chi connectivity index (χ1) is 4.72. The second kappa shape index (κ2) is 4.77. The van der Waals surface area contributed by atoms with Gasteiger partial charge in [0.2, 0.25) is 0 Å². The van der Waals surface area contributed by atoms with Crippen LogP contribution in [0.25, 0.3) is 0 Å². The Bertz CT molecular complexity index is 260. The molecule has 1 rings (SSSR count). The first-order valence-electron chi connectivity index (χ1n) is 2.71. The van der Waals surface area contributed by atoms with E-state index in [0.29, 0.717) is 0 Å². The first-order valence-corrected chi connectivity index (χ1v) is 2.71. The summed E-state index contributed by atoms with van der Waals surface area (Å²) in [6.07, 6.45) is 0. The number of carboxylic acid groups (broad SMARTS) is 1. The molecule has 0 spiro atoms. The molecule has 11 heavy (non-hydrogen) atoms. The minimum Gasteiger partial charge on any atom is -0.872 e. The Labute approximate surface area is 101 Å². The van der Waals surface area contributed by atoms with Crippen LogP contribution in [0.1, 0.15) is 10.4 Å². The van der Waals surface area contributed by atoms with Crippen LogP contribution >= 0.6 is 0 Å². The summed E-state index contributed by atoms with van der Waals surface area (Å²) >= 11 is 0. The van der Waals surface area contributed by atoms with Crippen molar-refractivity contribution in [2.75, 3.05) is 0 Å². The minimum atomic E-state index is -1.18. The van der Waals surface area contributed by atoms with Gasteiger partial charge in [0.25, 0.3) is 0 Å². The fourth-order valence-electron chi connectivity index (χ4n) is 0.643. The summed E-state index contributed by atoms with van der Waals surface area (Å²) in [6, 6.07) is 5.54. The quantitative estimate of drug-likeness (QED) is 0.688.